The molecular weight excluding hydrogens is 281 g/mol. The average Bonchev–Trinajstić information content (AvgIpc) is 2.89. The van der Waals surface area contributed by atoms with Gasteiger partial charge >= 0.3 is 6.18 Å². The van der Waals surface area contributed by atoms with Gasteiger partial charge in [0.25, 0.3) is 0 Å². The van der Waals surface area contributed by atoms with Gasteiger partial charge in [-0.05, 0) is 43.5 Å². The highest BCUT2D eigenvalue weighted by Crippen LogP contribution is 2.34. The Kier molecular flexibility index (Phi) is 3.65. The molecule has 3 nitrogen and oxygen atoms in total. The van der Waals surface area contributed by atoms with Gasteiger partial charge in [0.2, 0.25) is 5.89 Å². The summed E-state index contributed by atoms with van der Waals surface area (Å²) in [7, 11) is 0. The minimum Gasteiger partial charge on any atom is -0.439 e. The monoisotopic (exact) mass is 298 g/mol. The zero-order valence-corrected chi connectivity index (χ0v) is 11.7. The molecule has 114 valence electrons. The first-order chi connectivity index (χ1) is 9.97. The van der Waals surface area contributed by atoms with Gasteiger partial charge in [-0.3, -0.25) is 0 Å². The van der Waals surface area contributed by atoms with Gasteiger partial charge in [-0.1, -0.05) is 13.3 Å². The second-order valence-electron chi connectivity index (χ2n) is 5.54. The molecule has 0 aliphatic carbocycles. The van der Waals surface area contributed by atoms with Crippen LogP contribution in [0.5, 0.6) is 0 Å². The Bertz CT molecular complexity index is 635. The van der Waals surface area contributed by atoms with E-state index in [0.717, 1.165) is 37.9 Å². The Morgan fingerprint density at radius 2 is 2.19 bits per heavy atom. The first-order valence-corrected chi connectivity index (χ1v) is 7.18. The number of piperidine rings is 1. The summed E-state index contributed by atoms with van der Waals surface area (Å²) in [5.74, 6) is 1.10. The molecule has 1 fully saturated rings. The van der Waals surface area contributed by atoms with E-state index in [9.17, 15) is 13.2 Å². The normalized spacial score (nSPS) is 23.6. The molecule has 2 unspecified atom stereocenters. The summed E-state index contributed by atoms with van der Waals surface area (Å²) < 4.78 is 43.7. The third kappa shape index (κ3) is 2.90. The average molecular weight is 298 g/mol. The van der Waals surface area contributed by atoms with E-state index in [0.29, 0.717) is 17.4 Å². The van der Waals surface area contributed by atoms with Crippen molar-refractivity contribution < 1.29 is 17.6 Å². The molecule has 1 aromatic carbocycles. The number of alkyl halides is 3. The largest absolute Gasteiger partial charge is 0.439 e. The van der Waals surface area contributed by atoms with E-state index in [4.69, 9.17) is 4.42 Å². The fourth-order valence-corrected chi connectivity index (χ4v) is 2.83. The van der Waals surface area contributed by atoms with Crippen LogP contribution >= 0.6 is 0 Å². The highest BCUT2D eigenvalue weighted by atomic mass is 19.4. The Morgan fingerprint density at radius 1 is 1.38 bits per heavy atom. The molecule has 1 aliphatic heterocycles. The topological polar surface area (TPSA) is 38.1 Å². The molecular formula is C15H17F3N2O. The van der Waals surface area contributed by atoms with Crippen molar-refractivity contribution in [1.82, 2.24) is 10.3 Å². The number of nitrogens with one attached hydrogen (secondary N) is 1. The molecule has 6 heteroatoms. The number of halogens is 3. The number of benzene rings is 1. The molecule has 0 spiro atoms. The summed E-state index contributed by atoms with van der Waals surface area (Å²) in [4.78, 5) is 4.25. The SMILES string of the molecule is CCC1CCNC(c2nc3cc(C(F)(F)F)ccc3o2)C1. The van der Waals surface area contributed by atoms with E-state index >= 15 is 0 Å². The van der Waals surface area contributed by atoms with E-state index in [1.165, 1.54) is 6.07 Å². The number of hydrogen-bond donors (Lipinski definition) is 1. The van der Waals surface area contributed by atoms with Crippen LogP contribution in [0.1, 0.15) is 43.7 Å². The van der Waals surface area contributed by atoms with Crippen LogP contribution in [0.3, 0.4) is 0 Å². The van der Waals surface area contributed by atoms with Gasteiger partial charge in [0.1, 0.15) is 5.52 Å². The number of aromatic nitrogens is 1. The summed E-state index contributed by atoms with van der Waals surface area (Å²) in [5, 5.41) is 3.33. The van der Waals surface area contributed by atoms with Crippen LogP contribution in [-0.4, -0.2) is 11.5 Å². The number of fused-ring (bicyclic) bond motifs is 1. The number of nitrogens with zero attached hydrogens (tertiary/aromatic N) is 1. The first-order valence-electron chi connectivity index (χ1n) is 7.18. The van der Waals surface area contributed by atoms with Gasteiger partial charge in [0, 0.05) is 0 Å². The molecule has 1 saturated heterocycles. The lowest BCUT2D eigenvalue weighted by Gasteiger charge is -2.27. The van der Waals surface area contributed by atoms with E-state index < -0.39 is 11.7 Å². The molecule has 3 rings (SSSR count). The second-order valence-corrected chi connectivity index (χ2v) is 5.54. The zero-order chi connectivity index (χ0) is 15.0. The molecule has 1 aromatic heterocycles. The van der Waals surface area contributed by atoms with Crippen molar-refractivity contribution in [3.63, 3.8) is 0 Å². The maximum absolute atomic E-state index is 12.7. The van der Waals surface area contributed by atoms with Crippen molar-refractivity contribution in [2.75, 3.05) is 6.54 Å². The van der Waals surface area contributed by atoms with Crippen molar-refractivity contribution in [3.8, 4) is 0 Å². The van der Waals surface area contributed by atoms with E-state index in [1.807, 2.05) is 0 Å². The Balaban J connectivity index is 1.90. The van der Waals surface area contributed by atoms with E-state index in [1.54, 1.807) is 0 Å². The lowest BCUT2D eigenvalue weighted by atomic mass is 9.90. The predicted octanol–water partition coefficient (Wildman–Crippen LogP) is 4.30. The maximum Gasteiger partial charge on any atom is 0.416 e. The summed E-state index contributed by atoms with van der Waals surface area (Å²) in [6, 6.07) is 3.41. The molecule has 1 N–H and O–H groups in total. The quantitative estimate of drug-likeness (QED) is 0.898. The Labute approximate surface area is 120 Å². The highest BCUT2D eigenvalue weighted by Gasteiger charge is 2.31. The van der Waals surface area contributed by atoms with E-state index in [2.05, 4.69) is 17.2 Å². The summed E-state index contributed by atoms with van der Waals surface area (Å²) in [6.45, 7) is 3.03. The lowest BCUT2D eigenvalue weighted by molar-refractivity contribution is -0.137. The third-order valence-electron chi connectivity index (χ3n) is 4.12. The summed E-state index contributed by atoms with van der Waals surface area (Å²) >= 11 is 0. The lowest BCUT2D eigenvalue weighted by Crippen LogP contribution is -2.31. The summed E-state index contributed by atoms with van der Waals surface area (Å²) in [5.41, 5.74) is -0.0310. The van der Waals surface area contributed by atoms with Crippen LogP contribution in [0.25, 0.3) is 11.1 Å². The van der Waals surface area contributed by atoms with E-state index in [-0.39, 0.29) is 11.6 Å². The highest BCUT2D eigenvalue weighted by molar-refractivity contribution is 5.73. The number of oxazole rings is 1. The van der Waals surface area contributed by atoms with Gasteiger partial charge in [-0.15, -0.1) is 0 Å². The maximum atomic E-state index is 12.7. The molecule has 0 bridgehead atoms. The smallest absolute Gasteiger partial charge is 0.416 e. The molecule has 0 radical (unpaired) electrons. The molecule has 0 amide bonds. The van der Waals surface area contributed by atoms with Crippen LogP contribution in [0.2, 0.25) is 0 Å². The zero-order valence-electron chi connectivity index (χ0n) is 11.7. The van der Waals surface area contributed by atoms with Gasteiger partial charge in [-0.25, -0.2) is 4.98 Å². The molecule has 0 saturated carbocycles. The minimum atomic E-state index is -4.36. The van der Waals surface area contributed by atoms with Gasteiger partial charge in [-0.2, -0.15) is 13.2 Å². The summed E-state index contributed by atoms with van der Waals surface area (Å²) in [6.07, 6.45) is -1.23. The Morgan fingerprint density at radius 3 is 2.90 bits per heavy atom. The van der Waals surface area contributed by atoms with Crippen molar-refractivity contribution in [2.24, 2.45) is 5.92 Å². The van der Waals surface area contributed by atoms with Crippen LogP contribution in [0, 0.1) is 5.92 Å². The van der Waals surface area contributed by atoms with Gasteiger partial charge in [0.15, 0.2) is 5.58 Å². The van der Waals surface area contributed by atoms with Gasteiger partial charge in [0.05, 0.1) is 11.6 Å². The molecule has 21 heavy (non-hydrogen) atoms. The number of rotatable bonds is 2. The van der Waals surface area contributed by atoms with Crippen LogP contribution in [0.15, 0.2) is 22.6 Å². The third-order valence-corrected chi connectivity index (χ3v) is 4.12. The first kappa shape index (κ1) is 14.4. The Hall–Kier alpha value is -1.56. The standard InChI is InChI=1S/C15H17F3N2O/c1-2-9-5-6-19-12(7-9)14-20-11-8-10(15(16,17)18)3-4-13(11)21-14/h3-4,8-9,12,19H,2,5-7H2,1H3. The predicted molar refractivity (Wildman–Crippen MR) is 72.8 cm³/mol. The van der Waals surface area contributed by atoms with Gasteiger partial charge < -0.3 is 9.73 Å². The van der Waals surface area contributed by atoms with Crippen molar-refractivity contribution in [3.05, 3.63) is 29.7 Å². The molecule has 1 aliphatic rings. The van der Waals surface area contributed by atoms with Crippen LogP contribution in [0.4, 0.5) is 13.2 Å². The van der Waals surface area contributed by atoms with Crippen LogP contribution in [-0.2, 0) is 6.18 Å². The number of hydrogen-bond acceptors (Lipinski definition) is 3. The van der Waals surface area contributed by atoms with Crippen molar-refractivity contribution in [1.29, 1.82) is 0 Å². The van der Waals surface area contributed by atoms with Crippen LogP contribution < -0.4 is 5.32 Å². The van der Waals surface area contributed by atoms with Crippen molar-refractivity contribution in [2.45, 2.75) is 38.4 Å². The van der Waals surface area contributed by atoms with Crippen molar-refractivity contribution >= 4 is 11.1 Å². The molecule has 2 aromatic rings. The molecule has 2 atom stereocenters. The minimum absolute atomic E-state index is 0.00885. The molecule has 2 heterocycles. The fourth-order valence-electron chi connectivity index (χ4n) is 2.83. The fraction of sp³-hybridized carbons (Fsp3) is 0.533. The second kappa shape index (κ2) is 5.33.